The van der Waals surface area contributed by atoms with Gasteiger partial charge in [0.25, 0.3) is 5.91 Å². The molecule has 0 radical (unpaired) electrons. The Kier molecular flexibility index (Phi) is 7.01. The van der Waals surface area contributed by atoms with Gasteiger partial charge in [-0.1, -0.05) is 11.6 Å². The first-order chi connectivity index (χ1) is 17.8. The molecule has 4 heterocycles. The number of hydrogen-bond acceptors (Lipinski definition) is 7. The molecule has 0 bridgehead atoms. The molecule has 11 heteroatoms. The Hall–Kier alpha value is -3.66. The molecule has 1 saturated heterocycles. The molecule has 0 aromatic carbocycles. The molecule has 3 aromatic rings. The molecule has 2 aliphatic rings. The van der Waals surface area contributed by atoms with Gasteiger partial charge in [-0.25, -0.2) is 9.97 Å². The minimum Gasteiger partial charge on any atom is -0.448 e. The maximum atomic E-state index is 13.4. The van der Waals surface area contributed by atoms with Crippen LogP contribution < -0.4 is 15.5 Å². The topological polar surface area (TPSA) is 121 Å². The summed E-state index contributed by atoms with van der Waals surface area (Å²) in [7, 11) is 3.66. The highest BCUT2D eigenvalue weighted by Crippen LogP contribution is 2.38. The minimum atomic E-state index is -0.553. The maximum absolute atomic E-state index is 13.4. The number of aromatic nitrogens is 2. The van der Waals surface area contributed by atoms with Gasteiger partial charge < -0.3 is 24.9 Å². The van der Waals surface area contributed by atoms with Crippen molar-refractivity contribution < 1.29 is 18.8 Å². The van der Waals surface area contributed by atoms with Gasteiger partial charge in [0.15, 0.2) is 0 Å². The zero-order chi connectivity index (χ0) is 26.1. The number of carbonyl (C=O) groups excluding carboxylic acids is 3. The second-order valence-corrected chi connectivity index (χ2v) is 10.1. The number of fused-ring (bicyclic) bond motifs is 1. The number of carbonyl (C=O) groups is 3. The van der Waals surface area contributed by atoms with Gasteiger partial charge in [-0.2, -0.15) is 0 Å². The van der Waals surface area contributed by atoms with E-state index >= 15 is 0 Å². The first kappa shape index (κ1) is 25.0. The fraction of sp³-hybridized carbons (Fsp3) is 0.423. The van der Waals surface area contributed by atoms with E-state index in [-0.39, 0.29) is 35.2 Å². The van der Waals surface area contributed by atoms with E-state index in [0.29, 0.717) is 46.9 Å². The number of furan rings is 1. The van der Waals surface area contributed by atoms with Crippen molar-refractivity contribution in [1.29, 1.82) is 0 Å². The van der Waals surface area contributed by atoms with Crippen molar-refractivity contribution in [3.8, 4) is 0 Å². The average Bonchev–Trinajstić information content (AvgIpc) is 3.49. The lowest BCUT2D eigenvalue weighted by Crippen LogP contribution is -2.40. The van der Waals surface area contributed by atoms with E-state index in [1.807, 2.05) is 19.0 Å². The number of nitrogens with one attached hydrogen (secondary N) is 2. The van der Waals surface area contributed by atoms with Crippen LogP contribution in [0.4, 0.5) is 17.3 Å². The van der Waals surface area contributed by atoms with Crippen LogP contribution in [0.2, 0.25) is 5.02 Å². The summed E-state index contributed by atoms with van der Waals surface area (Å²) in [4.78, 5) is 51.1. The molecular weight excluding hydrogens is 496 g/mol. The Labute approximate surface area is 219 Å². The maximum Gasteiger partial charge on any atom is 0.294 e. The molecule has 3 aromatic heterocycles. The van der Waals surface area contributed by atoms with Crippen LogP contribution in [0.1, 0.15) is 49.1 Å². The monoisotopic (exact) mass is 524 g/mol. The van der Waals surface area contributed by atoms with Gasteiger partial charge in [0.1, 0.15) is 22.9 Å². The van der Waals surface area contributed by atoms with Gasteiger partial charge in [-0.3, -0.25) is 14.4 Å². The van der Waals surface area contributed by atoms with Crippen molar-refractivity contribution in [2.24, 2.45) is 5.92 Å². The standard InChI is InChI=1S/C26H29ClN6O4/c1-32(2)24-21-18(11-12-28-24)37-23(26(36)30-19-10-7-16(27)14-29-19)22(21)31-25(35)15-5-8-17(9-6-15)33-13-3-4-20(33)34/h7,10-12,14-15,17H,3-6,8-9,13H2,1-2H3,(H,31,35)(H,29,30,36)/t15-,17-. The predicted octanol–water partition coefficient (Wildman–Crippen LogP) is 4.31. The van der Waals surface area contributed by atoms with Crippen molar-refractivity contribution in [1.82, 2.24) is 14.9 Å². The average molecular weight is 525 g/mol. The molecule has 10 nitrogen and oxygen atoms in total. The summed E-state index contributed by atoms with van der Waals surface area (Å²) < 4.78 is 5.94. The molecule has 5 rings (SSSR count). The highest BCUT2D eigenvalue weighted by molar-refractivity contribution is 6.30. The molecule has 1 saturated carbocycles. The van der Waals surface area contributed by atoms with E-state index in [2.05, 4.69) is 20.6 Å². The molecular formula is C26H29ClN6O4. The highest BCUT2D eigenvalue weighted by Gasteiger charge is 2.34. The third-order valence-electron chi connectivity index (χ3n) is 7.05. The van der Waals surface area contributed by atoms with E-state index in [1.165, 1.54) is 6.20 Å². The lowest BCUT2D eigenvalue weighted by molar-refractivity contribution is -0.130. The van der Waals surface area contributed by atoms with Crippen LogP contribution in [0.25, 0.3) is 11.0 Å². The van der Waals surface area contributed by atoms with Gasteiger partial charge >= 0.3 is 0 Å². The number of halogens is 1. The summed E-state index contributed by atoms with van der Waals surface area (Å²) in [6.07, 6.45) is 7.47. The molecule has 1 aliphatic carbocycles. The minimum absolute atomic E-state index is 0.0347. The summed E-state index contributed by atoms with van der Waals surface area (Å²) in [5, 5.41) is 6.68. The van der Waals surface area contributed by atoms with Gasteiger partial charge in [0.05, 0.1) is 10.4 Å². The van der Waals surface area contributed by atoms with Crippen molar-refractivity contribution in [3.63, 3.8) is 0 Å². The Morgan fingerprint density at radius 1 is 1.11 bits per heavy atom. The number of rotatable bonds is 6. The number of hydrogen-bond donors (Lipinski definition) is 2. The zero-order valence-corrected chi connectivity index (χ0v) is 21.5. The van der Waals surface area contributed by atoms with Crippen LogP contribution in [-0.2, 0) is 9.59 Å². The van der Waals surface area contributed by atoms with Crippen LogP contribution in [0.3, 0.4) is 0 Å². The van der Waals surface area contributed by atoms with Gasteiger partial charge in [-0.05, 0) is 50.3 Å². The predicted molar refractivity (Wildman–Crippen MR) is 141 cm³/mol. The summed E-state index contributed by atoms with van der Waals surface area (Å²) in [6, 6.07) is 5.06. The number of likely N-dealkylation sites (tertiary alicyclic amines) is 1. The summed E-state index contributed by atoms with van der Waals surface area (Å²) in [6.45, 7) is 0.808. The van der Waals surface area contributed by atoms with E-state index in [9.17, 15) is 14.4 Å². The van der Waals surface area contributed by atoms with Crippen molar-refractivity contribution >= 4 is 57.6 Å². The van der Waals surface area contributed by atoms with Crippen molar-refractivity contribution in [3.05, 3.63) is 41.4 Å². The van der Waals surface area contributed by atoms with Gasteiger partial charge in [-0.15, -0.1) is 0 Å². The lowest BCUT2D eigenvalue weighted by Gasteiger charge is -2.34. The molecule has 37 heavy (non-hydrogen) atoms. The quantitative estimate of drug-likeness (QED) is 0.492. The molecule has 3 amide bonds. The molecule has 2 fully saturated rings. The Morgan fingerprint density at radius 3 is 2.54 bits per heavy atom. The SMILES string of the molecule is CN(C)c1nccc2oc(C(=O)Nc3ccc(Cl)cn3)c(NC(=O)[C@H]3CC[C@H](N4CCCC4=O)CC3)c12. The highest BCUT2D eigenvalue weighted by atomic mass is 35.5. The summed E-state index contributed by atoms with van der Waals surface area (Å²) in [5.74, 6) is 0.0832. The molecule has 2 N–H and O–H groups in total. The Morgan fingerprint density at radius 2 is 1.89 bits per heavy atom. The van der Waals surface area contributed by atoms with Crippen LogP contribution in [0, 0.1) is 5.92 Å². The molecule has 0 unspecified atom stereocenters. The smallest absolute Gasteiger partial charge is 0.294 e. The third kappa shape index (κ3) is 5.11. The zero-order valence-electron chi connectivity index (χ0n) is 20.8. The van der Waals surface area contributed by atoms with Crippen LogP contribution >= 0.6 is 11.6 Å². The molecule has 1 aliphatic heterocycles. The summed E-state index contributed by atoms with van der Waals surface area (Å²) >= 11 is 5.90. The number of anilines is 3. The molecule has 0 spiro atoms. The van der Waals surface area contributed by atoms with Gasteiger partial charge in [0, 0.05) is 51.4 Å². The number of pyridine rings is 2. The van der Waals surface area contributed by atoms with E-state index in [0.717, 1.165) is 25.8 Å². The molecule has 0 atom stereocenters. The summed E-state index contributed by atoms with van der Waals surface area (Å²) in [5.41, 5.74) is 0.708. The first-order valence-electron chi connectivity index (χ1n) is 12.4. The Balaban J connectivity index is 1.40. The van der Waals surface area contributed by atoms with Crippen LogP contribution in [0.15, 0.2) is 35.0 Å². The normalized spacial score (nSPS) is 19.8. The molecule has 194 valence electrons. The third-order valence-corrected chi connectivity index (χ3v) is 7.27. The fourth-order valence-electron chi connectivity index (χ4n) is 5.20. The fourth-order valence-corrected chi connectivity index (χ4v) is 5.31. The second kappa shape index (κ2) is 10.4. The second-order valence-electron chi connectivity index (χ2n) is 9.71. The lowest BCUT2D eigenvalue weighted by atomic mass is 9.84. The van der Waals surface area contributed by atoms with Gasteiger partial charge in [0.2, 0.25) is 17.6 Å². The number of nitrogens with zero attached hydrogens (tertiary/aromatic N) is 4. The number of amides is 3. The van der Waals surface area contributed by atoms with E-state index in [1.54, 1.807) is 29.3 Å². The largest absolute Gasteiger partial charge is 0.448 e. The first-order valence-corrected chi connectivity index (χ1v) is 12.8. The van der Waals surface area contributed by atoms with E-state index in [4.69, 9.17) is 16.0 Å². The van der Waals surface area contributed by atoms with Crippen LogP contribution in [0.5, 0.6) is 0 Å². The van der Waals surface area contributed by atoms with Crippen molar-refractivity contribution in [2.75, 3.05) is 36.2 Å². The van der Waals surface area contributed by atoms with Crippen molar-refractivity contribution in [2.45, 2.75) is 44.6 Å². The van der Waals surface area contributed by atoms with Crippen LogP contribution in [-0.4, -0.2) is 59.3 Å². The van der Waals surface area contributed by atoms with E-state index < -0.39 is 5.91 Å². The Bertz CT molecular complexity index is 1330.